The highest BCUT2D eigenvalue weighted by Gasteiger charge is 2.27. The second kappa shape index (κ2) is 7.51. The topological polar surface area (TPSA) is 40.5 Å². The molecule has 4 heteroatoms. The fourth-order valence-electron chi connectivity index (χ4n) is 3.10. The van der Waals surface area contributed by atoms with Crippen molar-refractivity contribution in [2.75, 3.05) is 24.6 Å². The zero-order valence-corrected chi connectivity index (χ0v) is 13.9. The van der Waals surface area contributed by atoms with Crippen molar-refractivity contribution in [2.45, 2.75) is 32.3 Å². The number of nitrogens with zero attached hydrogens (tertiary/aromatic N) is 1. The van der Waals surface area contributed by atoms with Crippen LogP contribution in [0.15, 0.2) is 24.3 Å². The van der Waals surface area contributed by atoms with Crippen LogP contribution < -0.4 is 0 Å². The SMILES string of the molecule is O=C(CSCC1CC1)N1CC[C@@H](Cc2cccc(CO)c2)C1. The average Bonchev–Trinajstić information content (AvgIpc) is 3.24. The lowest BCUT2D eigenvalue weighted by molar-refractivity contribution is -0.127. The number of benzene rings is 1. The fraction of sp³-hybridized carbons (Fsp3) is 0.611. The van der Waals surface area contributed by atoms with Gasteiger partial charge in [-0.25, -0.2) is 0 Å². The van der Waals surface area contributed by atoms with E-state index in [2.05, 4.69) is 12.1 Å². The molecule has 3 nitrogen and oxygen atoms in total. The van der Waals surface area contributed by atoms with Crippen LogP contribution >= 0.6 is 11.8 Å². The third-order valence-electron chi connectivity index (χ3n) is 4.61. The normalized spacial score (nSPS) is 21.3. The molecule has 1 amide bonds. The number of hydrogen-bond donors (Lipinski definition) is 1. The summed E-state index contributed by atoms with van der Waals surface area (Å²) in [6.07, 6.45) is 4.83. The van der Waals surface area contributed by atoms with Crippen molar-refractivity contribution < 1.29 is 9.90 Å². The van der Waals surface area contributed by atoms with E-state index in [4.69, 9.17) is 0 Å². The summed E-state index contributed by atoms with van der Waals surface area (Å²) in [5.41, 5.74) is 2.24. The second-order valence-corrected chi connectivity index (χ2v) is 7.67. The Morgan fingerprint density at radius 1 is 1.23 bits per heavy atom. The first-order chi connectivity index (χ1) is 10.7. The zero-order valence-electron chi connectivity index (χ0n) is 13.0. The maximum Gasteiger partial charge on any atom is 0.232 e. The standard InChI is InChI=1S/C18H25NO2S/c20-11-17-3-1-2-15(9-17)8-16-6-7-19(10-16)18(21)13-22-12-14-4-5-14/h1-3,9,14,16,20H,4-8,10-13H2/t16-/m0/s1. The first-order valence-electron chi connectivity index (χ1n) is 8.29. The highest BCUT2D eigenvalue weighted by molar-refractivity contribution is 7.99. The highest BCUT2D eigenvalue weighted by atomic mass is 32.2. The summed E-state index contributed by atoms with van der Waals surface area (Å²) in [4.78, 5) is 14.3. The number of aliphatic hydroxyl groups is 1. The largest absolute Gasteiger partial charge is 0.392 e. The van der Waals surface area contributed by atoms with E-state index in [0.717, 1.165) is 43.2 Å². The molecule has 0 unspecified atom stereocenters. The summed E-state index contributed by atoms with van der Waals surface area (Å²) in [5.74, 6) is 3.59. The molecule has 1 heterocycles. The Morgan fingerprint density at radius 2 is 2.05 bits per heavy atom. The number of hydrogen-bond acceptors (Lipinski definition) is 3. The van der Waals surface area contributed by atoms with Crippen molar-refractivity contribution in [2.24, 2.45) is 11.8 Å². The van der Waals surface area contributed by atoms with E-state index in [0.29, 0.717) is 17.6 Å². The van der Waals surface area contributed by atoms with Crippen LogP contribution in [0.2, 0.25) is 0 Å². The second-order valence-electron chi connectivity index (χ2n) is 6.64. The monoisotopic (exact) mass is 319 g/mol. The molecule has 1 aromatic carbocycles. The molecular formula is C18H25NO2S. The van der Waals surface area contributed by atoms with E-state index in [1.54, 1.807) is 0 Å². The van der Waals surface area contributed by atoms with Crippen molar-refractivity contribution in [1.29, 1.82) is 0 Å². The molecule has 1 saturated carbocycles. The van der Waals surface area contributed by atoms with Gasteiger partial charge in [0, 0.05) is 13.1 Å². The molecule has 0 spiro atoms. The minimum Gasteiger partial charge on any atom is -0.392 e. The van der Waals surface area contributed by atoms with Crippen molar-refractivity contribution in [3.05, 3.63) is 35.4 Å². The number of carbonyl (C=O) groups excluding carboxylic acids is 1. The fourth-order valence-corrected chi connectivity index (χ4v) is 4.24. The molecule has 22 heavy (non-hydrogen) atoms. The zero-order chi connectivity index (χ0) is 15.4. The lowest BCUT2D eigenvalue weighted by atomic mass is 9.97. The summed E-state index contributed by atoms with van der Waals surface area (Å²) in [6, 6.07) is 8.16. The van der Waals surface area contributed by atoms with Gasteiger partial charge in [-0.05, 0) is 54.4 Å². The van der Waals surface area contributed by atoms with Crippen molar-refractivity contribution >= 4 is 17.7 Å². The molecule has 1 aromatic rings. The number of rotatable bonds is 7. The molecular weight excluding hydrogens is 294 g/mol. The molecule has 0 bridgehead atoms. The molecule has 2 aliphatic rings. The molecule has 2 fully saturated rings. The Kier molecular flexibility index (Phi) is 5.42. The lowest BCUT2D eigenvalue weighted by Gasteiger charge is -2.16. The minimum atomic E-state index is 0.0985. The van der Waals surface area contributed by atoms with Crippen LogP contribution in [0.4, 0.5) is 0 Å². The molecule has 1 saturated heterocycles. The molecule has 3 rings (SSSR count). The number of aliphatic hydroxyl groups excluding tert-OH is 1. The van der Waals surface area contributed by atoms with Gasteiger partial charge in [0.1, 0.15) is 0 Å². The summed E-state index contributed by atoms with van der Waals surface area (Å²) < 4.78 is 0. The molecule has 1 aliphatic carbocycles. The van der Waals surface area contributed by atoms with Crippen molar-refractivity contribution in [1.82, 2.24) is 4.90 Å². The van der Waals surface area contributed by atoms with Crippen LogP contribution in [0, 0.1) is 11.8 Å². The predicted molar refractivity (Wildman–Crippen MR) is 90.8 cm³/mol. The molecule has 1 N–H and O–H groups in total. The highest BCUT2D eigenvalue weighted by Crippen LogP contribution is 2.32. The number of carbonyl (C=O) groups is 1. The number of likely N-dealkylation sites (tertiary alicyclic amines) is 1. The van der Waals surface area contributed by atoms with Gasteiger partial charge >= 0.3 is 0 Å². The third-order valence-corrected chi connectivity index (χ3v) is 5.77. The lowest BCUT2D eigenvalue weighted by Crippen LogP contribution is -2.30. The quantitative estimate of drug-likeness (QED) is 0.840. The van der Waals surface area contributed by atoms with E-state index in [1.807, 2.05) is 28.8 Å². The summed E-state index contributed by atoms with van der Waals surface area (Å²) in [7, 11) is 0. The van der Waals surface area contributed by atoms with Gasteiger partial charge in [-0.2, -0.15) is 11.8 Å². The Morgan fingerprint density at radius 3 is 2.82 bits per heavy atom. The summed E-state index contributed by atoms with van der Waals surface area (Å²) in [6.45, 7) is 1.90. The van der Waals surface area contributed by atoms with Crippen LogP contribution in [0.1, 0.15) is 30.4 Å². The van der Waals surface area contributed by atoms with Gasteiger partial charge in [-0.3, -0.25) is 4.79 Å². The first-order valence-corrected chi connectivity index (χ1v) is 9.44. The van der Waals surface area contributed by atoms with Crippen LogP contribution in [-0.4, -0.2) is 40.5 Å². The van der Waals surface area contributed by atoms with Crippen LogP contribution in [0.3, 0.4) is 0 Å². The Bertz CT molecular complexity index is 516. The average molecular weight is 319 g/mol. The van der Waals surface area contributed by atoms with Crippen LogP contribution in [0.5, 0.6) is 0 Å². The van der Waals surface area contributed by atoms with Gasteiger partial charge in [0.15, 0.2) is 0 Å². The van der Waals surface area contributed by atoms with E-state index in [1.165, 1.54) is 18.4 Å². The Hall–Kier alpha value is -1.00. The van der Waals surface area contributed by atoms with Gasteiger partial charge in [0.05, 0.1) is 12.4 Å². The molecule has 120 valence electrons. The van der Waals surface area contributed by atoms with E-state index in [9.17, 15) is 9.90 Å². The van der Waals surface area contributed by atoms with Gasteiger partial charge in [0.25, 0.3) is 0 Å². The van der Waals surface area contributed by atoms with E-state index in [-0.39, 0.29) is 6.61 Å². The van der Waals surface area contributed by atoms with Gasteiger partial charge in [-0.1, -0.05) is 24.3 Å². The summed E-state index contributed by atoms with van der Waals surface area (Å²) >= 11 is 1.81. The maximum atomic E-state index is 12.2. The van der Waals surface area contributed by atoms with Gasteiger partial charge in [0.2, 0.25) is 5.91 Å². The van der Waals surface area contributed by atoms with E-state index >= 15 is 0 Å². The van der Waals surface area contributed by atoms with E-state index < -0.39 is 0 Å². The molecule has 1 aliphatic heterocycles. The number of amides is 1. The van der Waals surface area contributed by atoms with Gasteiger partial charge in [-0.15, -0.1) is 0 Å². The first kappa shape index (κ1) is 15.9. The summed E-state index contributed by atoms with van der Waals surface area (Å²) in [5, 5.41) is 9.21. The molecule has 0 radical (unpaired) electrons. The number of thioether (sulfide) groups is 1. The Labute approximate surface area is 137 Å². The molecule has 1 atom stereocenters. The Balaban J connectivity index is 1.43. The maximum absolute atomic E-state index is 12.2. The van der Waals surface area contributed by atoms with Crippen LogP contribution in [-0.2, 0) is 17.8 Å². The minimum absolute atomic E-state index is 0.0985. The molecule has 0 aromatic heterocycles. The third kappa shape index (κ3) is 4.50. The smallest absolute Gasteiger partial charge is 0.232 e. The van der Waals surface area contributed by atoms with Crippen LogP contribution in [0.25, 0.3) is 0 Å². The predicted octanol–water partition coefficient (Wildman–Crippen LogP) is 2.71. The van der Waals surface area contributed by atoms with Crippen molar-refractivity contribution in [3.8, 4) is 0 Å². The van der Waals surface area contributed by atoms with Gasteiger partial charge < -0.3 is 10.0 Å². The van der Waals surface area contributed by atoms with Crippen molar-refractivity contribution in [3.63, 3.8) is 0 Å².